The van der Waals surface area contributed by atoms with Crippen molar-refractivity contribution in [2.45, 2.75) is 6.42 Å². The van der Waals surface area contributed by atoms with Crippen molar-refractivity contribution in [3.05, 3.63) is 71.1 Å². The minimum Gasteiger partial charge on any atom is -0.305 e. The van der Waals surface area contributed by atoms with Crippen molar-refractivity contribution in [2.75, 3.05) is 5.75 Å². The Morgan fingerprint density at radius 1 is 1.15 bits per heavy atom. The Morgan fingerprint density at radius 3 is 2.77 bits per heavy atom. The molecule has 0 bridgehead atoms. The second kappa shape index (κ2) is 7.31. The molecule has 3 heterocycles. The van der Waals surface area contributed by atoms with Crippen LogP contribution in [0.5, 0.6) is 0 Å². The van der Waals surface area contributed by atoms with Crippen LogP contribution in [0.15, 0.2) is 65.1 Å². The number of pyridine rings is 1. The van der Waals surface area contributed by atoms with Crippen LogP contribution in [-0.2, 0) is 11.2 Å². The zero-order valence-electron chi connectivity index (χ0n) is 13.6. The SMILES string of the molecule is O=C(Cc1cn2cc(Cl)ccc2n1)NC1=NN=C(c2ccccc2)CS1. The van der Waals surface area contributed by atoms with Crippen molar-refractivity contribution in [1.82, 2.24) is 14.7 Å². The van der Waals surface area contributed by atoms with Gasteiger partial charge in [-0.05, 0) is 17.7 Å². The van der Waals surface area contributed by atoms with E-state index in [-0.39, 0.29) is 12.3 Å². The molecule has 0 saturated carbocycles. The minimum absolute atomic E-state index is 0.161. The van der Waals surface area contributed by atoms with Crippen LogP contribution < -0.4 is 5.32 Å². The van der Waals surface area contributed by atoms with Crippen molar-refractivity contribution < 1.29 is 4.79 Å². The topological polar surface area (TPSA) is 71.1 Å². The number of imidazole rings is 1. The Bertz CT molecular complexity index is 1030. The highest BCUT2D eigenvalue weighted by atomic mass is 35.5. The first kappa shape index (κ1) is 16.8. The van der Waals surface area contributed by atoms with E-state index in [0.29, 0.717) is 21.6 Å². The second-order valence-electron chi connectivity index (χ2n) is 5.68. The number of carbonyl (C=O) groups excluding carboxylic acids is 1. The number of nitrogens with one attached hydrogen (secondary N) is 1. The average molecular weight is 384 g/mol. The molecule has 0 fully saturated rings. The van der Waals surface area contributed by atoms with Crippen LogP contribution in [0.1, 0.15) is 11.3 Å². The van der Waals surface area contributed by atoms with Crippen molar-refractivity contribution in [3.63, 3.8) is 0 Å². The van der Waals surface area contributed by atoms with Gasteiger partial charge in [-0.3, -0.25) is 4.79 Å². The fourth-order valence-corrected chi connectivity index (χ4v) is 3.51. The molecule has 1 aromatic carbocycles. The predicted octanol–water partition coefficient (Wildman–Crippen LogP) is 3.15. The molecule has 1 aliphatic heterocycles. The van der Waals surface area contributed by atoms with Crippen LogP contribution in [0.4, 0.5) is 0 Å². The maximum Gasteiger partial charge on any atom is 0.232 e. The largest absolute Gasteiger partial charge is 0.305 e. The van der Waals surface area contributed by atoms with Gasteiger partial charge >= 0.3 is 0 Å². The quantitative estimate of drug-likeness (QED) is 0.755. The molecule has 0 saturated heterocycles. The number of nitrogens with zero attached hydrogens (tertiary/aromatic N) is 4. The normalized spacial score (nSPS) is 14.0. The van der Waals surface area contributed by atoms with E-state index in [9.17, 15) is 4.79 Å². The highest BCUT2D eigenvalue weighted by Crippen LogP contribution is 2.15. The third-order valence-electron chi connectivity index (χ3n) is 3.77. The van der Waals surface area contributed by atoms with Crippen LogP contribution in [-0.4, -0.2) is 31.9 Å². The number of benzene rings is 1. The number of hydrogen-bond acceptors (Lipinski definition) is 5. The molecule has 1 aliphatic rings. The van der Waals surface area contributed by atoms with Crippen LogP contribution in [0.3, 0.4) is 0 Å². The van der Waals surface area contributed by atoms with E-state index in [1.165, 1.54) is 11.8 Å². The Labute approximate surface area is 159 Å². The Balaban J connectivity index is 1.41. The maximum absolute atomic E-state index is 12.2. The monoisotopic (exact) mass is 383 g/mol. The van der Waals surface area contributed by atoms with Gasteiger partial charge in [0.05, 0.1) is 22.8 Å². The summed E-state index contributed by atoms with van der Waals surface area (Å²) in [6.45, 7) is 0. The summed E-state index contributed by atoms with van der Waals surface area (Å²) in [5.74, 6) is 0.486. The summed E-state index contributed by atoms with van der Waals surface area (Å²) < 4.78 is 1.80. The molecule has 0 unspecified atom stereocenters. The molecular weight excluding hydrogens is 370 g/mol. The Hall–Kier alpha value is -2.64. The molecule has 0 atom stereocenters. The number of carbonyl (C=O) groups is 1. The van der Waals surface area contributed by atoms with Crippen LogP contribution >= 0.6 is 23.4 Å². The van der Waals surface area contributed by atoms with Gasteiger partial charge in [-0.2, -0.15) is 5.10 Å². The van der Waals surface area contributed by atoms with E-state index in [1.54, 1.807) is 22.9 Å². The van der Waals surface area contributed by atoms with E-state index in [0.717, 1.165) is 16.9 Å². The molecule has 0 radical (unpaired) electrons. The highest BCUT2D eigenvalue weighted by molar-refractivity contribution is 8.14. The number of thioether (sulfide) groups is 1. The van der Waals surface area contributed by atoms with E-state index < -0.39 is 0 Å². The van der Waals surface area contributed by atoms with E-state index >= 15 is 0 Å². The number of aromatic nitrogens is 2. The average Bonchev–Trinajstić information content (AvgIpc) is 3.04. The van der Waals surface area contributed by atoms with Crippen molar-refractivity contribution in [3.8, 4) is 0 Å². The molecule has 0 aliphatic carbocycles. The van der Waals surface area contributed by atoms with Crippen molar-refractivity contribution in [1.29, 1.82) is 0 Å². The number of hydrogen-bond donors (Lipinski definition) is 1. The second-order valence-corrected chi connectivity index (χ2v) is 7.08. The molecule has 2 aromatic heterocycles. The molecule has 4 rings (SSSR count). The lowest BCUT2D eigenvalue weighted by molar-refractivity contribution is -0.119. The smallest absolute Gasteiger partial charge is 0.232 e. The maximum atomic E-state index is 12.2. The fraction of sp³-hybridized carbons (Fsp3) is 0.111. The first-order valence-electron chi connectivity index (χ1n) is 7.93. The minimum atomic E-state index is -0.177. The fourth-order valence-electron chi connectivity index (χ4n) is 2.56. The molecule has 8 heteroatoms. The lowest BCUT2D eigenvalue weighted by Gasteiger charge is -2.12. The zero-order valence-corrected chi connectivity index (χ0v) is 15.2. The van der Waals surface area contributed by atoms with E-state index in [4.69, 9.17) is 11.6 Å². The highest BCUT2D eigenvalue weighted by Gasteiger charge is 2.15. The lowest BCUT2D eigenvalue weighted by atomic mass is 10.1. The molecule has 26 heavy (non-hydrogen) atoms. The molecular formula is C18H14ClN5OS. The van der Waals surface area contributed by atoms with Crippen molar-refractivity contribution in [2.24, 2.45) is 10.2 Å². The zero-order chi connectivity index (χ0) is 17.9. The van der Waals surface area contributed by atoms with Crippen molar-refractivity contribution >= 4 is 45.8 Å². The molecule has 1 amide bonds. The van der Waals surface area contributed by atoms with Gasteiger partial charge < -0.3 is 9.72 Å². The number of halogens is 1. The predicted molar refractivity (Wildman–Crippen MR) is 105 cm³/mol. The summed E-state index contributed by atoms with van der Waals surface area (Å²) in [5, 5.41) is 12.2. The van der Waals surface area contributed by atoms with Gasteiger partial charge in [-0.25, -0.2) is 4.98 Å². The summed E-state index contributed by atoms with van der Waals surface area (Å²) in [4.78, 5) is 16.7. The summed E-state index contributed by atoms with van der Waals surface area (Å²) in [5.41, 5.74) is 3.35. The number of amidine groups is 1. The molecule has 1 N–H and O–H groups in total. The Kier molecular flexibility index (Phi) is 4.73. The number of rotatable bonds is 3. The standard InChI is InChI=1S/C18H14ClN5OS/c19-13-6-7-16-20-14(10-24(16)9-13)8-17(25)21-18-23-22-15(11-26-18)12-4-2-1-3-5-12/h1-7,9-10H,8,11H2,(H,21,23,25). The first-order valence-corrected chi connectivity index (χ1v) is 9.29. The molecule has 6 nitrogen and oxygen atoms in total. The van der Waals surface area contributed by atoms with Gasteiger partial charge in [-0.15, -0.1) is 5.10 Å². The van der Waals surface area contributed by atoms with Gasteiger partial charge in [-0.1, -0.05) is 53.7 Å². The van der Waals surface area contributed by atoms with Crippen LogP contribution in [0.25, 0.3) is 5.65 Å². The van der Waals surface area contributed by atoms with Gasteiger partial charge in [0.25, 0.3) is 0 Å². The van der Waals surface area contributed by atoms with E-state index in [1.807, 2.05) is 36.4 Å². The van der Waals surface area contributed by atoms with Gasteiger partial charge in [0.15, 0.2) is 5.17 Å². The van der Waals surface area contributed by atoms with Gasteiger partial charge in [0.1, 0.15) is 5.65 Å². The van der Waals surface area contributed by atoms with E-state index in [2.05, 4.69) is 20.5 Å². The summed E-state index contributed by atoms with van der Waals surface area (Å²) in [7, 11) is 0. The molecule has 3 aromatic rings. The third kappa shape index (κ3) is 3.79. The third-order valence-corrected chi connectivity index (χ3v) is 4.87. The first-order chi connectivity index (χ1) is 12.7. The van der Waals surface area contributed by atoms with Crippen LogP contribution in [0.2, 0.25) is 5.02 Å². The van der Waals surface area contributed by atoms with Gasteiger partial charge in [0, 0.05) is 18.1 Å². The summed E-state index contributed by atoms with van der Waals surface area (Å²) in [6.07, 6.45) is 3.71. The summed E-state index contributed by atoms with van der Waals surface area (Å²) in [6, 6.07) is 13.5. The van der Waals surface area contributed by atoms with Gasteiger partial charge in [0.2, 0.25) is 5.91 Å². The van der Waals surface area contributed by atoms with Crippen LogP contribution in [0, 0.1) is 0 Å². The number of fused-ring (bicyclic) bond motifs is 1. The number of amides is 1. The lowest BCUT2D eigenvalue weighted by Crippen LogP contribution is -2.31. The summed E-state index contributed by atoms with van der Waals surface area (Å²) >= 11 is 7.42. The Morgan fingerprint density at radius 2 is 2.00 bits per heavy atom. The molecule has 130 valence electrons. The molecule has 0 spiro atoms.